The van der Waals surface area contributed by atoms with E-state index in [1.165, 1.54) is 88.5 Å². The molecule has 7 aromatic carbocycles. The fraction of sp³-hybridized carbons (Fsp3) is 0.330. The molecule has 0 bridgehead atoms. The first-order valence-electron chi connectivity index (χ1n) is 36.2. The van der Waals surface area contributed by atoms with Gasteiger partial charge in [-0.15, -0.1) is 0 Å². The lowest BCUT2D eigenvalue weighted by molar-refractivity contribution is 0.589. The van der Waals surface area contributed by atoms with Crippen LogP contribution in [0.2, 0.25) is 0 Å². The number of aryl methyl sites for hydroxylation is 1. The Balaban J connectivity index is 0.000000136. The number of H-pyrrole nitrogens is 5. The average Bonchev–Trinajstić information content (AvgIpc) is 1.25. The highest BCUT2D eigenvalue weighted by atomic mass is 16.3. The van der Waals surface area contributed by atoms with Gasteiger partial charge in [-0.2, -0.15) is 5.10 Å². The minimum Gasteiger partial charge on any atom is -0.464 e. The first-order valence-corrected chi connectivity index (χ1v) is 36.2. The summed E-state index contributed by atoms with van der Waals surface area (Å²) in [6.45, 7) is 42.7. The Bertz CT molecular complexity index is 5040. The Morgan fingerprint density at radius 1 is 0.461 bits per heavy atom. The molecular formula is C88H109N13O. The summed E-state index contributed by atoms with van der Waals surface area (Å²) < 4.78 is 5.29. The minimum atomic E-state index is 0.214. The maximum atomic E-state index is 5.70. The van der Waals surface area contributed by atoms with E-state index in [-0.39, 0.29) is 10.8 Å². The van der Waals surface area contributed by atoms with E-state index in [4.69, 9.17) is 15.9 Å². The van der Waals surface area contributed by atoms with Crippen LogP contribution >= 0.6 is 0 Å². The SMILES string of the molecule is CC(C)(C)c1ccc2ccccc2c1.CC(C)(C)c1ccc2occc2c1.CC(C)c1ccc2[nH]ccc2c1.CC(C)c1cccc2[nH]c(N)nc12.CC(C)c1cccc2c(N)n[nH]c12.CC(C)c1ccnc2c1NCC2.CC(C)c1ccnc2cc[nH]c12.Cc1nc2c(C(C)C)cccc2[nH]1. The highest BCUT2D eigenvalue weighted by Gasteiger charge is 2.18. The molecule has 8 aromatic heterocycles. The number of fused-ring (bicyclic) bond motifs is 8. The number of pyridine rings is 2. The third kappa shape index (κ3) is 19.3. The highest BCUT2D eigenvalue weighted by molar-refractivity contribution is 5.91. The second kappa shape index (κ2) is 33.8. The number of furan rings is 1. The van der Waals surface area contributed by atoms with Gasteiger partial charge < -0.3 is 41.1 Å². The van der Waals surface area contributed by atoms with E-state index in [1.807, 2.05) is 74.2 Å². The fourth-order valence-electron chi connectivity index (χ4n) is 12.4. The molecule has 10 N–H and O–H groups in total. The van der Waals surface area contributed by atoms with Gasteiger partial charge >= 0.3 is 0 Å². The van der Waals surface area contributed by atoms with E-state index in [1.54, 1.807) is 6.26 Å². The number of rotatable bonds is 6. The number of hydrogen-bond acceptors (Lipinski definition) is 9. The van der Waals surface area contributed by atoms with Crippen LogP contribution in [-0.4, -0.2) is 56.6 Å². The quantitative estimate of drug-likeness (QED) is 0.0792. The fourth-order valence-corrected chi connectivity index (χ4v) is 12.4. The molecule has 14 nitrogen and oxygen atoms in total. The number of nitrogens with zero attached hydrogens (tertiary/aromatic N) is 5. The molecule has 0 saturated carbocycles. The number of imidazole rings is 2. The van der Waals surface area contributed by atoms with Crippen molar-refractivity contribution in [2.75, 3.05) is 23.3 Å². The summed E-state index contributed by atoms with van der Waals surface area (Å²) in [5, 5.41) is 16.5. The lowest BCUT2D eigenvalue weighted by Crippen LogP contribution is -2.10. The summed E-state index contributed by atoms with van der Waals surface area (Å²) >= 11 is 0. The molecule has 0 amide bonds. The van der Waals surface area contributed by atoms with Crippen LogP contribution in [0.1, 0.15) is 216 Å². The monoisotopic (exact) mass is 1360 g/mol. The van der Waals surface area contributed by atoms with Crippen molar-refractivity contribution in [3.63, 3.8) is 0 Å². The molecule has 14 heteroatoms. The number of nitrogen functional groups attached to an aromatic ring is 2. The molecule has 0 fully saturated rings. The van der Waals surface area contributed by atoms with E-state index in [0.29, 0.717) is 47.3 Å². The lowest BCUT2D eigenvalue weighted by atomic mass is 9.86. The summed E-state index contributed by atoms with van der Waals surface area (Å²) in [5.41, 5.74) is 34.7. The standard InChI is InChI=1S/C14H16.C12H14O.C11H14N2.C11H13N.2C10H13N3.C10H14N2.C10H12N2/c1-14(2,3)13-9-8-11-6-4-5-7-12(11)10-13;1-12(2,3)10-4-5-11-9(8-10)6-7-13-11;1-7(2)9-5-4-6-10-11(9)13-8(3)12-10;1-8(2)9-3-4-11-10(7-9)5-6-12-11;1-6(2)7-4-3-5-8-9(7)13-10(11)12-8;1-6(2)7-4-3-5-8-9(7)12-13-10(8)11;2*1-7(2)8-3-5-11-9-4-6-12-10(8)9/h4-10H,1-3H3;4-8H,1-3H3;4-7H,1-3H3,(H,12,13);3-8,12H,1-2H3;2*3-6H,1-2H3,(H3,11,12,13);3,5,7,12H,4,6H2,1-2H3;3-7,12H,1-2H3. The Hall–Kier alpha value is -10.5. The van der Waals surface area contributed by atoms with Gasteiger partial charge in [0.2, 0.25) is 0 Å². The smallest absolute Gasteiger partial charge is 0.198 e. The molecule has 0 unspecified atom stereocenters. The Labute approximate surface area is 603 Å². The summed E-state index contributed by atoms with van der Waals surface area (Å²) in [7, 11) is 0. The molecule has 0 aliphatic carbocycles. The van der Waals surface area contributed by atoms with Crippen LogP contribution in [0.3, 0.4) is 0 Å². The molecular weight excluding hydrogens is 1260 g/mol. The second-order valence-corrected chi connectivity index (χ2v) is 30.3. The zero-order valence-corrected chi connectivity index (χ0v) is 63.7. The first-order chi connectivity index (χ1) is 48.6. The van der Waals surface area contributed by atoms with E-state index >= 15 is 0 Å². The topological polar surface area (TPSA) is 221 Å². The predicted molar refractivity (Wildman–Crippen MR) is 435 cm³/mol. The summed E-state index contributed by atoms with van der Waals surface area (Å²) in [6, 6.07) is 57.0. The van der Waals surface area contributed by atoms with Crippen LogP contribution in [0.4, 0.5) is 17.5 Å². The highest BCUT2D eigenvalue weighted by Crippen LogP contribution is 2.33. The molecule has 16 rings (SSSR count). The first kappa shape index (κ1) is 75.7. The third-order valence-corrected chi connectivity index (χ3v) is 18.4. The number of aromatic amines is 5. The maximum Gasteiger partial charge on any atom is 0.198 e. The number of nitrogens with two attached hydrogens (primary N) is 2. The molecule has 15 aromatic rings. The Morgan fingerprint density at radius 2 is 1.04 bits per heavy atom. The van der Waals surface area contributed by atoms with Crippen molar-refractivity contribution >= 4 is 94.1 Å². The minimum absolute atomic E-state index is 0.214. The Morgan fingerprint density at radius 3 is 1.70 bits per heavy atom. The van der Waals surface area contributed by atoms with Gasteiger partial charge in [0.05, 0.1) is 56.3 Å². The zero-order chi connectivity index (χ0) is 73.6. The molecule has 1 aliphatic heterocycles. The van der Waals surface area contributed by atoms with Crippen LogP contribution in [-0.2, 0) is 17.3 Å². The third-order valence-electron chi connectivity index (χ3n) is 18.4. The van der Waals surface area contributed by atoms with E-state index in [2.05, 4.69) is 301 Å². The lowest BCUT2D eigenvalue weighted by Gasteiger charge is -2.19. The van der Waals surface area contributed by atoms with Crippen molar-refractivity contribution < 1.29 is 4.42 Å². The average molecular weight is 1360 g/mol. The largest absolute Gasteiger partial charge is 0.464 e. The van der Waals surface area contributed by atoms with Gasteiger partial charge in [0.1, 0.15) is 11.4 Å². The van der Waals surface area contributed by atoms with Gasteiger partial charge in [0.25, 0.3) is 0 Å². The number of para-hydroxylation sites is 3. The van der Waals surface area contributed by atoms with Gasteiger partial charge in [0, 0.05) is 54.0 Å². The van der Waals surface area contributed by atoms with Gasteiger partial charge in [-0.25, -0.2) is 9.97 Å². The van der Waals surface area contributed by atoms with Crippen molar-refractivity contribution in [1.29, 1.82) is 0 Å². The van der Waals surface area contributed by atoms with Gasteiger partial charge in [-0.05, 0) is 187 Å². The second-order valence-electron chi connectivity index (χ2n) is 30.3. The van der Waals surface area contributed by atoms with Crippen LogP contribution in [0.15, 0.2) is 199 Å². The number of aromatic nitrogens is 10. The predicted octanol–water partition coefficient (Wildman–Crippen LogP) is 23.5. The van der Waals surface area contributed by atoms with Crippen molar-refractivity contribution in [2.45, 2.75) is 184 Å². The number of hydrogen-bond donors (Lipinski definition) is 8. The van der Waals surface area contributed by atoms with E-state index < -0.39 is 0 Å². The van der Waals surface area contributed by atoms with Crippen molar-refractivity contribution in [2.24, 2.45) is 0 Å². The van der Waals surface area contributed by atoms with Crippen molar-refractivity contribution in [3.8, 4) is 0 Å². The summed E-state index contributed by atoms with van der Waals surface area (Å²) in [6.07, 6.45) is 10.5. The molecule has 1 aliphatic rings. The van der Waals surface area contributed by atoms with Crippen LogP contribution in [0, 0.1) is 6.92 Å². The van der Waals surface area contributed by atoms with E-state index in [9.17, 15) is 0 Å². The number of nitrogens with one attached hydrogen (secondary N) is 6. The number of anilines is 3. The molecule has 0 saturated heterocycles. The van der Waals surface area contributed by atoms with Crippen molar-refractivity contribution in [1.82, 2.24) is 50.1 Å². The summed E-state index contributed by atoms with van der Waals surface area (Å²) in [5.74, 6) is 5.32. The Kier molecular flexibility index (Phi) is 25.1. The molecule has 102 heavy (non-hydrogen) atoms. The van der Waals surface area contributed by atoms with Gasteiger partial charge in [-0.3, -0.25) is 15.1 Å². The van der Waals surface area contributed by atoms with Crippen LogP contribution < -0.4 is 16.8 Å². The zero-order valence-electron chi connectivity index (χ0n) is 63.7. The molecule has 0 radical (unpaired) electrons. The molecule has 532 valence electrons. The van der Waals surface area contributed by atoms with E-state index in [0.717, 1.165) is 62.9 Å². The molecule has 0 spiro atoms. The van der Waals surface area contributed by atoms with Crippen LogP contribution in [0.5, 0.6) is 0 Å². The molecule has 9 heterocycles. The summed E-state index contributed by atoms with van der Waals surface area (Å²) in [4.78, 5) is 30.0. The molecule has 0 atom stereocenters. The maximum absolute atomic E-state index is 5.70. The van der Waals surface area contributed by atoms with Gasteiger partial charge in [-0.1, -0.05) is 216 Å². The van der Waals surface area contributed by atoms with Gasteiger partial charge in [0.15, 0.2) is 11.8 Å². The van der Waals surface area contributed by atoms with Crippen molar-refractivity contribution in [3.05, 3.63) is 251 Å². The number of benzene rings is 7. The normalized spacial score (nSPS) is 11.9. The van der Waals surface area contributed by atoms with Crippen LogP contribution in [0.25, 0.3) is 76.6 Å².